The molecule has 0 atom stereocenters. The highest BCUT2D eigenvalue weighted by Crippen LogP contribution is 2.19. The molecule has 0 aliphatic rings. The second-order valence-electron chi connectivity index (χ2n) is 4.72. The fraction of sp³-hybridized carbons (Fsp3) is 0.133. The Balaban J connectivity index is 2.07. The van der Waals surface area contributed by atoms with Gasteiger partial charge in [-0.3, -0.25) is 4.42 Å². The van der Waals surface area contributed by atoms with E-state index in [4.69, 9.17) is 16.9 Å². The standard InChI is InChI=1S/C15H14ClNO4S/c16-17(14-8-6-13(7-9-14)15(18)19)11-22(20,21)10-12-4-2-1-3-5-12/h1-9H,10-11H2,(H,18,19). The van der Waals surface area contributed by atoms with E-state index in [1.54, 1.807) is 24.3 Å². The Labute approximate surface area is 133 Å². The van der Waals surface area contributed by atoms with E-state index in [9.17, 15) is 13.2 Å². The summed E-state index contributed by atoms with van der Waals surface area (Å²) < 4.78 is 25.3. The first kappa shape index (κ1) is 16.3. The Morgan fingerprint density at radius 3 is 2.18 bits per heavy atom. The zero-order chi connectivity index (χ0) is 16.2. The highest BCUT2D eigenvalue weighted by molar-refractivity contribution is 7.90. The van der Waals surface area contributed by atoms with E-state index in [0.717, 1.165) is 4.42 Å². The molecule has 5 nitrogen and oxygen atoms in total. The number of nitrogens with zero attached hydrogens (tertiary/aromatic N) is 1. The number of carboxylic acids is 1. The minimum atomic E-state index is -3.43. The van der Waals surface area contributed by atoms with Crippen LogP contribution in [0.15, 0.2) is 54.6 Å². The van der Waals surface area contributed by atoms with Gasteiger partial charge < -0.3 is 5.11 Å². The van der Waals surface area contributed by atoms with Gasteiger partial charge in [-0.15, -0.1) is 0 Å². The van der Waals surface area contributed by atoms with Gasteiger partial charge in [0.25, 0.3) is 0 Å². The summed E-state index contributed by atoms with van der Waals surface area (Å²) in [6.07, 6.45) is 0. The molecule has 2 aromatic carbocycles. The fourth-order valence-electron chi connectivity index (χ4n) is 1.89. The van der Waals surface area contributed by atoms with E-state index in [-0.39, 0.29) is 17.2 Å². The second-order valence-corrected chi connectivity index (χ2v) is 7.16. The molecule has 0 unspecified atom stereocenters. The van der Waals surface area contributed by atoms with Crippen molar-refractivity contribution in [2.24, 2.45) is 0 Å². The lowest BCUT2D eigenvalue weighted by atomic mass is 10.2. The maximum atomic E-state index is 12.1. The van der Waals surface area contributed by atoms with Gasteiger partial charge in [0.1, 0.15) is 5.88 Å². The number of hydrogen-bond donors (Lipinski definition) is 1. The molecule has 2 rings (SSSR count). The number of halogens is 1. The molecule has 0 spiro atoms. The Morgan fingerprint density at radius 1 is 1.05 bits per heavy atom. The fourth-order valence-corrected chi connectivity index (χ4v) is 3.73. The van der Waals surface area contributed by atoms with E-state index in [1.807, 2.05) is 6.07 Å². The van der Waals surface area contributed by atoms with E-state index < -0.39 is 15.8 Å². The third kappa shape index (κ3) is 4.47. The number of anilines is 1. The van der Waals surface area contributed by atoms with Crippen LogP contribution >= 0.6 is 11.8 Å². The van der Waals surface area contributed by atoms with Gasteiger partial charge in [-0.2, -0.15) is 0 Å². The summed E-state index contributed by atoms with van der Waals surface area (Å²) in [5, 5.41) is 8.82. The molecular formula is C15H14ClNO4S. The zero-order valence-electron chi connectivity index (χ0n) is 11.5. The number of sulfone groups is 1. The molecule has 0 heterocycles. The van der Waals surface area contributed by atoms with Crippen LogP contribution in [-0.4, -0.2) is 25.4 Å². The number of carbonyl (C=O) groups is 1. The van der Waals surface area contributed by atoms with Gasteiger partial charge in [-0.05, 0) is 29.8 Å². The summed E-state index contributed by atoms with van der Waals surface area (Å²) in [5.74, 6) is -1.52. The van der Waals surface area contributed by atoms with Crippen LogP contribution in [-0.2, 0) is 15.6 Å². The third-order valence-corrected chi connectivity index (χ3v) is 4.82. The minimum Gasteiger partial charge on any atom is -0.478 e. The number of benzene rings is 2. The number of rotatable bonds is 6. The van der Waals surface area contributed by atoms with E-state index >= 15 is 0 Å². The summed E-state index contributed by atoms with van der Waals surface area (Å²) in [5.41, 5.74) is 1.22. The van der Waals surface area contributed by atoms with Crippen molar-refractivity contribution >= 4 is 33.3 Å². The number of aromatic carboxylic acids is 1. The second kappa shape index (κ2) is 6.81. The smallest absolute Gasteiger partial charge is 0.335 e. The van der Waals surface area contributed by atoms with Gasteiger partial charge in [0.2, 0.25) is 0 Å². The van der Waals surface area contributed by atoms with Gasteiger partial charge in [0.05, 0.1) is 17.0 Å². The summed E-state index contributed by atoms with van der Waals surface area (Å²) >= 11 is 6.00. The maximum Gasteiger partial charge on any atom is 0.335 e. The molecule has 0 amide bonds. The van der Waals surface area contributed by atoms with Crippen molar-refractivity contribution in [2.75, 3.05) is 10.3 Å². The molecule has 116 valence electrons. The minimum absolute atomic E-state index is 0.107. The lowest BCUT2D eigenvalue weighted by Gasteiger charge is -2.16. The molecule has 7 heteroatoms. The van der Waals surface area contributed by atoms with Crippen molar-refractivity contribution in [3.63, 3.8) is 0 Å². The Bertz CT molecular complexity index is 745. The molecule has 0 bridgehead atoms. The Hall–Kier alpha value is -2.05. The lowest BCUT2D eigenvalue weighted by molar-refractivity contribution is 0.0697. The maximum absolute atomic E-state index is 12.1. The van der Waals surface area contributed by atoms with Crippen molar-refractivity contribution in [3.8, 4) is 0 Å². The van der Waals surface area contributed by atoms with Gasteiger partial charge >= 0.3 is 5.97 Å². The predicted molar refractivity (Wildman–Crippen MR) is 85.7 cm³/mol. The normalized spacial score (nSPS) is 11.1. The largest absolute Gasteiger partial charge is 0.478 e. The quantitative estimate of drug-likeness (QED) is 0.819. The van der Waals surface area contributed by atoms with Crippen LogP contribution in [0.4, 0.5) is 5.69 Å². The van der Waals surface area contributed by atoms with Crippen LogP contribution in [0.1, 0.15) is 15.9 Å². The average Bonchev–Trinajstić information content (AvgIpc) is 2.47. The molecular weight excluding hydrogens is 326 g/mol. The third-order valence-electron chi connectivity index (χ3n) is 2.93. The van der Waals surface area contributed by atoms with Crippen molar-refractivity contribution in [1.29, 1.82) is 0 Å². The monoisotopic (exact) mass is 339 g/mol. The van der Waals surface area contributed by atoms with Crippen LogP contribution in [0, 0.1) is 0 Å². The molecule has 22 heavy (non-hydrogen) atoms. The summed E-state index contributed by atoms with van der Waals surface area (Å²) in [6, 6.07) is 14.5. The van der Waals surface area contributed by atoms with Gasteiger partial charge in [-0.25, -0.2) is 13.2 Å². The Morgan fingerprint density at radius 2 is 1.64 bits per heavy atom. The van der Waals surface area contributed by atoms with Crippen molar-refractivity contribution < 1.29 is 18.3 Å². The molecule has 0 radical (unpaired) electrons. The Kier molecular flexibility index (Phi) is 5.05. The van der Waals surface area contributed by atoms with E-state index in [0.29, 0.717) is 11.3 Å². The summed E-state index contributed by atoms with van der Waals surface area (Å²) in [7, 11) is -3.43. The van der Waals surface area contributed by atoms with Crippen LogP contribution in [0.2, 0.25) is 0 Å². The molecule has 0 fully saturated rings. The first-order chi connectivity index (χ1) is 10.4. The van der Waals surface area contributed by atoms with Crippen molar-refractivity contribution in [1.82, 2.24) is 0 Å². The molecule has 1 N–H and O–H groups in total. The topological polar surface area (TPSA) is 74.7 Å². The van der Waals surface area contributed by atoms with Crippen molar-refractivity contribution in [3.05, 3.63) is 65.7 Å². The average molecular weight is 340 g/mol. The van der Waals surface area contributed by atoms with Gasteiger partial charge in [0, 0.05) is 11.8 Å². The van der Waals surface area contributed by atoms with Crippen LogP contribution in [0.5, 0.6) is 0 Å². The van der Waals surface area contributed by atoms with E-state index in [1.165, 1.54) is 24.3 Å². The highest BCUT2D eigenvalue weighted by atomic mass is 35.5. The van der Waals surface area contributed by atoms with Gasteiger partial charge in [0.15, 0.2) is 9.84 Å². The molecule has 0 saturated carbocycles. The highest BCUT2D eigenvalue weighted by Gasteiger charge is 2.17. The zero-order valence-corrected chi connectivity index (χ0v) is 13.1. The molecule has 0 aromatic heterocycles. The summed E-state index contributed by atoms with van der Waals surface area (Å²) in [4.78, 5) is 10.8. The lowest BCUT2D eigenvalue weighted by Crippen LogP contribution is -2.22. The van der Waals surface area contributed by atoms with Gasteiger partial charge in [-0.1, -0.05) is 30.3 Å². The molecule has 0 aliphatic heterocycles. The van der Waals surface area contributed by atoms with Crippen molar-refractivity contribution in [2.45, 2.75) is 5.75 Å². The first-order valence-electron chi connectivity index (χ1n) is 6.38. The SMILES string of the molecule is O=C(O)c1ccc(N(Cl)CS(=O)(=O)Cc2ccccc2)cc1. The molecule has 0 saturated heterocycles. The molecule has 0 aliphatic carbocycles. The van der Waals surface area contributed by atoms with E-state index in [2.05, 4.69) is 0 Å². The van der Waals surface area contributed by atoms with Crippen LogP contribution < -0.4 is 4.42 Å². The van der Waals surface area contributed by atoms with Crippen LogP contribution in [0.25, 0.3) is 0 Å². The number of carboxylic acid groups (broad SMARTS) is 1. The first-order valence-corrected chi connectivity index (χ1v) is 8.54. The number of hydrogen-bond acceptors (Lipinski definition) is 4. The molecule has 2 aromatic rings. The summed E-state index contributed by atoms with van der Waals surface area (Å²) in [6.45, 7) is 0. The predicted octanol–water partition coefficient (Wildman–Crippen LogP) is 2.92. The van der Waals surface area contributed by atoms with Crippen LogP contribution in [0.3, 0.4) is 0 Å².